The Hall–Kier alpha value is -3.49. The van der Waals surface area contributed by atoms with E-state index in [1.54, 1.807) is 54.6 Å². The average molecular weight is 753 g/mol. The van der Waals surface area contributed by atoms with Crippen molar-refractivity contribution in [2.75, 3.05) is 17.9 Å². The van der Waals surface area contributed by atoms with E-state index in [1.165, 1.54) is 12.1 Å². The third kappa shape index (κ3) is 7.89. The maximum atomic E-state index is 12.9. The van der Waals surface area contributed by atoms with Gasteiger partial charge in [0, 0.05) is 35.4 Å². The first-order valence-corrected chi connectivity index (χ1v) is 19.7. The van der Waals surface area contributed by atoms with Crippen LogP contribution in [0.1, 0.15) is 67.9 Å². The topological polar surface area (TPSA) is 131 Å². The van der Waals surface area contributed by atoms with Gasteiger partial charge in [-0.1, -0.05) is 55.8 Å². The third-order valence-electron chi connectivity index (χ3n) is 10.8. The number of ether oxygens (including phenoxy) is 4. The SMILES string of the molecule is C[C@H]1[C@H](OCCNC(=O)c2ccc(COc3ccc(/C=C/S(=O)(=O)Nc4cccc(Cl)c4)cc3)cc2)O[C@@H]2O[C@@]3(C)CC[C@H]4[C@H](C)CC[C@@H]1[C@@]24OO3. The van der Waals surface area contributed by atoms with E-state index in [0.717, 1.165) is 36.7 Å². The van der Waals surface area contributed by atoms with Crippen molar-refractivity contribution in [3.05, 3.63) is 99.9 Å². The number of rotatable bonds is 12. The minimum Gasteiger partial charge on any atom is -0.489 e. The Kier molecular flexibility index (Phi) is 10.7. The lowest BCUT2D eigenvalue weighted by Crippen LogP contribution is -2.70. The Balaban J connectivity index is 0.853. The van der Waals surface area contributed by atoms with Gasteiger partial charge in [-0.3, -0.25) is 9.52 Å². The van der Waals surface area contributed by atoms with E-state index >= 15 is 0 Å². The minimum atomic E-state index is -3.71. The van der Waals surface area contributed by atoms with Crippen LogP contribution in [-0.2, 0) is 40.6 Å². The second-order valence-corrected chi connectivity index (χ2v) is 16.4. The van der Waals surface area contributed by atoms with Crippen LogP contribution >= 0.6 is 11.6 Å². The van der Waals surface area contributed by atoms with Gasteiger partial charge in [-0.05, 0) is 97.7 Å². The van der Waals surface area contributed by atoms with Crippen LogP contribution in [-0.4, -0.2) is 51.4 Å². The molecule has 278 valence electrons. The minimum absolute atomic E-state index is 0.0634. The van der Waals surface area contributed by atoms with Gasteiger partial charge < -0.3 is 24.3 Å². The third-order valence-corrected chi connectivity index (χ3v) is 12.0. The van der Waals surface area contributed by atoms with E-state index in [2.05, 4.69) is 23.9 Å². The van der Waals surface area contributed by atoms with Crippen molar-refractivity contribution in [3.63, 3.8) is 0 Å². The van der Waals surface area contributed by atoms with Crippen molar-refractivity contribution < 1.29 is 41.9 Å². The molecule has 4 aliphatic heterocycles. The fourth-order valence-corrected chi connectivity index (χ4v) is 9.07. The molecule has 1 spiro atoms. The molecule has 13 heteroatoms. The number of benzene rings is 3. The largest absolute Gasteiger partial charge is 0.489 e. The molecular weight excluding hydrogens is 708 g/mol. The van der Waals surface area contributed by atoms with Crippen LogP contribution in [0.3, 0.4) is 0 Å². The highest BCUT2D eigenvalue weighted by Crippen LogP contribution is 2.60. The molecule has 11 nitrogen and oxygen atoms in total. The van der Waals surface area contributed by atoms with Gasteiger partial charge in [-0.2, -0.15) is 0 Å². The Labute approximate surface area is 309 Å². The smallest absolute Gasteiger partial charge is 0.255 e. The summed E-state index contributed by atoms with van der Waals surface area (Å²) in [5, 5.41) is 4.47. The highest BCUT2D eigenvalue weighted by molar-refractivity contribution is 7.95. The molecule has 2 N–H and O–H groups in total. The van der Waals surface area contributed by atoms with Gasteiger partial charge in [0.1, 0.15) is 12.4 Å². The fraction of sp³-hybridized carbons (Fsp3) is 0.462. The van der Waals surface area contributed by atoms with Gasteiger partial charge in [0.25, 0.3) is 15.9 Å². The molecule has 5 fully saturated rings. The molecule has 52 heavy (non-hydrogen) atoms. The van der Waals surface area contributed by atoms with Crippen LogP contribution in [0.25, 0.3) is 6.08 Å². The first-order chi connectivity index (χ1) is 24.9. The Morgan fingerprint density at radius 1 is 1.00 bits per heavy atom. The molecular formula is C39H45ClN2O9S. The Morgan fingerprint density at radius 2 is 1.79 bits per heavy atom. The van der Waals surface area contributed by atoms with Crippen molar-refractivity contribution in [1.29, 1.82) is 0 Å². The molecule has 0 unspecified atom stereocenters. The predicted octanol–water partition coefficient (Wildman–Crippen LogP) is 7.29. The van der Waals surface area contributed by atoms with E-state index in [0.29, 0.717) is 52.6 Å². The van der Waals surface area contributed by atoms with Crippen molar-refractivity contribution >= 4 is 39.3 Å². The van der Waals surface area contributed by atoms with Crippen LogP contribution in [0.2, 0.25) is 5.02 Å². The second-order valence-electron chi connectivity index (χ2n) is 14.4. The summed E-state index contributed by atoms with van der Waals surface area (Å²) in [6.07, 6.45) is 4.28. The van der Waals surface area contributed by atoms with Gasteiger partial charge in [0.2, 0.25) is 5.79 Å². The zero-order valence-electron chi connectivity index (χ0n) is 29.5. The van der Waals surface area contributed by atoms with E-state index in [9.17, 15) is 13.2 Å². The van der Waals surface area contributed by atoms with E-state index in [4.69, 9.17) is 40.3 Å². The molecule has 0 radical (unpaired) electrons. The summed E-state index contributed by atoms with van der Waals surface area (Å²) in [6.45, 7) is 7.25. The monoisotopic (exact) mass is 752 g/mol. The molecule has 3 aromatic carbocycles. The number of halogens is 1. The molecule has 2 bridgehead atoms. The van der Waals surface area contributed by atoms with Crippen molar-refractivity contribution in [2.24, 2.45) is 23.7 Å². The molecule has 4 saturated heterocycles. The molecule has 1 saturated carbocycles. The number of sulfonamides is 1. The molecule has 8 atom stereocenters. The quantitative estimate of drug-likeness (QED) is 0.145. The first-order valence-electron chi connectivity index (χ1n) is 17.8. The molecule has 8 rings (SSSR count). The highest BCUT2D eigenvalue weighted by atomic mass is 35.5. The molecule has 1 aliphatic carbocycles. The van der Waals surface area contributed by atoms with Gasteiger partial charge in [0.15, 0.2) is 18.2 Å². The molecule has 1 amide bonds. The summed E-state index contributed by atoms with van der Waals surface area (Å²) in [4.78, 5) is 25.0. The van der Waals surface area contributed by atoms with E-state index < -0.39 is 34.0 Å². The maximum Gasteiger partial charge on any atom is 0.255 e. The summed E-state index contributed by atoms with van der Waals surface area (Å²) < 4.78 is 52.3. The molecule has 5 aliphatic rings. The first kappa shape index (κ1) is 36.9. The van der Waals surface area contributed by atoms with Crippen LogP contribution < -0.4 is 14.8 Å². The number of anilines is 1. The van der Waals surface area contributed by atoms with Crippen LogP contribution in [0, 0.1) is 23.7 Å². The highest BCUT2D eigenvalue weighted by Gasteiger charge is 2.69. The molecule has 4 heterocycles. The number of hydrogen-bond donors (Lipinski definition) is 2. The summed E-state index contributed by atoms with van der Waals surface area (Å²) in [5.74, 6) is 0.603. The van der Waals surface area contributed by atoms with Crippen molar-refractivity contribution in [2.45, 2.75) is 77.0 Å². The van der Waals surface area contributed by atoms with Crippen LogP contribution in [0.4, 0.5) is 5.69 Å². The van der Waals surface area contributed by atoms with Crippen LogP contribution in [0.15, 0.2) is 78.2 Å². The van der Waals surface area contributed by atoms with E-state index in [1.807, 2.05) is 19.1 Å². The number of carbonyl (C=O) groups excluding carboxylic acids is 1. The second kappa shape index (κ2) is 15.1. The number of amides is 1. The summed E-state index contributed by atoms with van der Waals surface area (Å²) in [7, 11) is -3.71. The maximum absolute atomic E-state index is 12.9. The van der Waals surface area contributed by atoms with Gasteiger partial charge in [-0.25, -0.2) is 18.2 Å². The number of hydrogen-bond acceptors (Lipinski definition) is 9. The molecule has 0 aromatic heterocycles. The molecule has 3 aromatic rings. The zero-order valence-corrected chi connectivity index (χ0v) is 31.0. The summed E-state index contributed by atoms with van der Waals surface area (Å²) >= 11 is 5.93. The lowest BCUT2D eigenvalue weighted by Gasteiger charge is -2.60. The Bertz CT molecular complexity index is 1870. The van der Waals surface area contributed by atoms with Crippen LogP contribution in [0.5, 0.6) is 5.75 Å². The van der Waals surface area contributed by atoms with Crippen molar-refractivity contribution in [3.8, 4) is 5.75 Å². The Morgan fingerprint density at radius 3 is 2.56 bits per heavy atom. The number of fused-ring (bicyclic) bond motifs is 2. The number of carbonyl (C=O) groups is 1. The lowest BCUT2D eigenvalue weighted by molar-refractivity contribution is -0.577. The van der Waals surface area contributed by atoms with E-state index in [-0.39, 0.29) is 24.3 Å². The summed E-state index contributed by atoms with van der Waals surface area (Å²) in [5.41, 5.74) is 1.86. The zero-order chi connectivity index (χ0) is 36.5. The predicted molar refractivity (Wildman–Crippen MR) is 195 cm³/mol. The van der Waals surface area contributed by atoms with Gasteiger partial charge >= 0.3 is 0 Å². The fourth-order valence-electron chi connectivity index (χ4n) is 8.02. The summed E-state index contributed by atoms with van der Waals surface area (Å²) in [6, 6.07) is 20.8. The number of nitrogens with one attached hydrogen (secondary N) is 2. The van der Waals surface area contributed by atoms with Gasteiger partial charge in [-0.15, -0.1) is 0 Å². The normalized spacial score (nSPS) is 31.1. The lowest BCUT2D eigenvalue weighted by atomic mass is 9.58. The van der Waals surface area contributed by atoms with Gasteiger partial charge in [0.05, 0.1) is 17.7 Å². The standard InChI is InChI=1S/C39H45ClN2O9S/c1-25-7-16-34-26(2)36(48-37-39(34)33(25)17-19-38(3,49-37)50-51-39)46-21-20-41-35(43)29-12-8-28(9-13-29)24-47-32-14-10-27(11-15-32)18-22-52(44,45)42-31-6-4-5-30(40)23-31/h4-6,8-15,18,22-23,25-26,33-34,36-37,42H,7,16-17,19-21,24H2,1-3H3,(H,41,43)/b22-18+/t25-,26-,33+,34+,36-,37-,38-,39-/m1/s1. The van der Waals surface area contributed by atoms with Crippen molar-refractivity contribution in [1.82, 2.24) is 5.32 Å². The average Bonchev–Trinajstić information content (AvgIpc) is 3.36.